The first-order valence-corrected chi connectivity index (χ1v) is 7.49. The molecule has 1 fully saturated rings. The lowest BCUT2D eigenvalue weighted by molar-refractivity contribution is -0.112. The summed E-state index contributed by atoms with van der Waals surface area (Å²) in [6.07, 6.45) is 3.28. The van der Waals surface area contributed by atoms with E-state index in [4.69, 9.17) is 4.98 Å². The Kier molecular flexibility index (Phi) is 4.17. The Balaban J connectivity index is 1.97. The van der Waals surface area contributed by atoms with Crippen molar-refractivity contribution >= 4 is 17.6 Å². The van der Waals surface area contributed by atoms with E-state index >= 15 is 0 Å². The van der Waals surface area contributed by atoms with Crippen molar-refractivity contribution in [3.05, 3.63) is 16.1 Å². The van der Waals surface area contributed by atoms with Crippen molar-refractivity contribution < 1.29 is 4.79 Å². The Morgan fingerprint density at radius 1 is 1.56 bits per heavy atom. The molecular weight excluding hydrogens is 244 g/mol. The van der Waals surface area contributed by atoms with Gasteiger partial charge in [-0.2, -0.15) is 0 Å². The molecule has 0 amide bonds. The molecule has 1 aliphatic heterocycles. The molecule has 1 aromatic rings. The number of piperidine rings is 1. The molecule has 18 heavy (non-hydrogen) atoms. The maximum atomic E-state index is 10.9. The van der Waals surface area contributed by atoms with Crippen LogP contribution in [0.3, 0.4) is 0 Å². The largest absolute Gasteiger partial charge is 0.303 e. The quantitative estimate of drug-likeness (QED) is 0.789. The number of hydrogen-bond donors (Lipinski definition) is 0. The molecule has 3 nitrogen and oxygen atoms in total. The van der Waals surface area contributed by atoms with Gasteiger partial charge in [0.2, 0.25) is 0 Å². The van der Waals surface area contributed by atoms with Crippen LogP contribution < -0.4 is 0 Å². The van der Waals surface area contributed by atoms with E-state index in [-0.39, 0.29) is 11.3 Å². The molecule has 0 radical (unpaired) electrons. The summed E-state index contributed by atoms with van der Waals surface area (Å²) in [5.74, 6) is 0.222. The minimum absolute atomic E-state index is 0.135. The Labute approximate surface area is 113 Å². The molecule has 2 rings (SSSR count). The molecule has 0 spiro atoms. The number of aldehydes is 1. The van der Waals surface area contributed by atoms with Crippen molar-refractivity contribution in [1.82, 2.24) is 9.88 Å². The predicted molar refractivity (Wildman–Crippen MR) is 74.9 cm³/mol. The molecule has 2 heterocycles. The summed E-state index contributed by atoms with van der Waals surface area (Å²) in [4.78, 5) is 17.9. The third kappa shape index (κ3) is 3.39. The number of aromatic nitrogens is 1. The van der Waals surface area contributed by atoms with Crippen LogP contribution in [0, 0.1) is 5.92 Å². The summed E-state index contributed by atoms with van der Waals surface area (Å²) in [6, 6.07) is 0. The molecule has 1 aliphatic rings. The van der Waals surface area contributed by atoms with Crippen LogP contribution in [-0.2, 0) is 16.8 Å². The Morgan fingerprint density at radius 2 is 2.33 bits per heavy atom. The number of nitrogens with zero attached hydrogens (tertiary/aromatic N) is 2. The molecule has 0 saturated carbocycles. The van der Waals surface area contributed by atoms with Gasteiger partial charge in [0, 0.05) is 29.8 Å². The van der Waals surface area contributed by atoms with E-state index in [1.807, 2.05) is 0 Å². The van der Waals surface area contributed by atoms with E-state index < -0.39 is 0 Å². The lowest BCUT2D eigenvalue weighted by Gasteiger charge is -2.29. The van der Waals surface area contributed by atoms with Gasteiger partial charge in [-0.15, -0.1) is 11.3 Å². The Morgan fingerprint density at radius 3 is 2.94 bits per heavy atom. The Hall–Kier alpha value is -0.740. The highest BCUT2D eigenvalue weighted by Crippen LogP contribution is 2.26. The maximum Gasteiger partial charge on any atom is 0.124 e. The van der Waals surface area contributed by atoms with E-state index in [9.17, 15) is 4.79 Å². The fourth-order valence-corrected chi connectivity index (χ4v) is 3.20. The van der Waals surface area contributed by atoms with Crippen molar-refractivity contribution in [1.29, 1.82) is 0 Å². The summed E-state index contributed by atoms with van der Waals surface area (Å²) in [6.45, 7) is 9.45. The van der Waals surface area contributed by atoms with Gasteiger partial charge in [-0.1, -0.05) is 20.8 Å². The molecule has 1 aromatic heterocycles. The summed E-state index contributed by atoms with van der Waals surface area (Å²) in [7, 11) is 0. The van der Waals surface area contributed by atoms with Crippen molar-refractivity contribution in [2.45, 2.75) is 45.6 Å². The number of likely N-dealkylation sites (tertiary alicyclic amines) is 1. The zero-order chi connectivity index (χ0) is 13.2. The third-order valence-electron chi connectivity index (χ3n) is 3.31. The molecule has 1 unspecified atom stereocenters. The molecule has 0 N–H and O–H groups in total. The van der Waals surface area contributed by atoms with Crippen molar-refractivity contribution in [2.24, 2.45) is 5.92 Å². The first-order chi connectivity index (χ1) is 8.49. The number of carbonyl (C=O) groups excluding carboxylic acids is 1. The van der Waals surface area contributed by atoms with Gasteiger partial charge >= 0.3 is 0 Å². The van der Waals surface area contributed by atoms with Crippen LogP contribution in [0.5, 0.6) is 0 Å². The van der Waals surface area contributed by atoms with Gasteiger partial charge in [0.15, 0.2) is 0 Å². The van der Waals surface area contributed by atoms with Crippen LogP contribution in [0.1, 0.15) is 44.3 Å². The number of carbonyl (C=O) groups is 1. The van der Waals surface area contributed by atoms with Gasteiger partial charge in [-0.05, 0) is 19.4 Å². The summed E-state index contributed by atoms with van der Waals surface area (Å²) in [5.41, 5.74) is 1.28. The zero-order valence-corrected chi connectivity index (χ0v) is 12.3. The number of rotatable bonds is 3. The predicted octanol–water partition coefficient (Wildman–Crippen LogP) is 2.85. The molecule has 0 aromatic carbocycles. The Bertz CT molecular complexity index is 408. The van der Waals surface area contributed by atoms with Crippen LogP contribution in [0.25, 0.3) is 0 Å². The summed E-state index contributed by atoms with van der Waals surface area (Å²) < 4.78 is 0. The van der Waals surface area contributed by atoms with Crippen LogP contribution in [0.4, 0.5) is 0 Å². The minimum Gasteiger partial charge on any atom is -0.303 e. The average Bonchev–Trinajstić information content (AvgIpc) is 2.77. The van der Waals surface area contributed by atoms with Gasteiger partial charge in [0.05, 0.1) is 10.7 Å². The molecule has 0 aliphatic carbocycles. The van der Waals surface area contributed by atoms with E-state index in [1.165, 1.54) is 5.01 Å². The number of thiazole rings is 1. The second kappa shape index (κ2) is 5.49. The molecule has 4 heteroatoms. The SMILES string of the molecule is CC(C)(C)c1nc(CN2CCCC(C=O)C2)cs1. The highest BCUT2D eigenvalue weighted by Gasteiger charge is 2.22. The van der Waals surface area contributed by atoms with Gasteiger partial charge in [0.25, 0.3) is 0 Å². The molecule has 0 bridgehead atoms. The molecule has 1 saturated heterocycles. The first-order valence-electron chi connectivity index (χ1n) is 6.61. The molecule has 1 atom stereocenters. The zero-order valence-electron chi connectivity index (χ0n) is 11.5. The van der Waals surface area contributed by atoms with Crippen LogP contribution in [0.2, 0.25) is 0 Å². The van der Waals surface area contributed by atoms with Crippen LogP contribution in [-0.4, -0.2) is 29.3 Å². The third-order valence-corrected chi connectivity index (χ3v) is 4.63. The van der Waals surface area contributed by atoms with Gasteiger partial charge in [-0.25, -0.2) is 4.98 Å². The fraction of sp³-hybridized carbons (Fsp3) is 0.714. The summed E-state index contributed by atoms with van der Waals surface area (Å²) >= 11 is 1.74. The maximum absolute atomic E-state index is 10.9. The van der Waals surface area contributed by atoms with E-state index in [1.54, 1.807) is 11.3 Å². The lowest BCUT2D eigenvalue weighted by Crippen LogP contribution is -2.35. The van der Waals surface area contributed by atoms with Crippen molar-refractivity contribution in [3.63, 3.8) is 0 Å². The van der Waals surface area contributed by atoms with Crippen molar-refractivity contribution in [2.75, 3.05) is 13.1 Å². The van der Waals surface area contributed by atoms with Crippen LogP contribution >= 0.6 is 11.3 Å². The summed E-state index contributed by atoms with van der Waals surface area (Å²) in [5, 5.41) is 3.35. The normalized spacial score (nSPS) is 22.1. The molecule has 100 valence electrons. The van der Waals surface area contributed by atoms with Crippen LogP contribution in [0.15, 0.2) is 5.38 Å². The average molecular weight is 266 g/mol. The first kappa shape index (κ1) is 13.7. The lowest BCUT2D eigenvalue weighted by atomic mass is 9.98. The number of hydrogen-bond acceptors (Lipinski definition) is 4. The van der Waals surface area contributed by atoms with Gasteiger partial charge in [0.1, 0.15) is 6.29 Å². The highest BCUT2D eigenvalue weighted by molar-refractivity contribution is 7.09. The van der Waals surface area contributed by atoms with Crippen molar-refractivity contribution in [3.8, 4) is 0 Å². The highest BCUT2D eigenvalue weighted by atomic mass is 32.1. The second-order valence-corrected chi connectivity index (χ2v) is 7.03. The topological polar surface area (TPSA) is 33.2 Å². The van der Waals surface area contributed by atoms with E-state index in [0.29, 0.717) is 0 Å². The fourth-order valence-electron chi connectivity index (χ4n) is 2.30. The smallest absolute Gasteiger partial charge is 0.124 e. The second-order valence-electron chi connectivity index (χ2n) is 6.17. The monoisotopic (exact) mass is 266 g/mol. The van der Waals surface area contributed by atoms with E-state index in [2.05, 4.69) is 31.1 Å². The standard InChI is InChI=1S/C14H22N2OS/c1-14(2,3)13-15-12(10-18-13)8-16-6-4-5-11(7-16)9-17/h9-11H,4-8H2,1-3H3. The minimum atomic E-state index is 0.135. The van der Waals surface area contributed by atoms with Gasteiger partial charge in [-0.3, -0.25) is 4.90 Å². The van der Waals surface area contributed by atoms with E-state index in [0.717, 1.165) is 44.5 Å². The van der Waals surface area contributed by atoms with Gasteiger partial charge < -0.3 is 4.79 Å². The molecular formula is C14H22N2OS.